The highest BCUT2D eigenvalue weighted by molar-refractivity contribution is 6.00. The predicted molar refractivity (Wildman–Crippen MR) is 109 cm³/mol. The van der Waals surface area contributed by atoms with E-state index >= 15 is 0 Å². The molecule has 0 aliphatic carbocycles. The topological polar surface area (TPSA) is 95.1 Å². The Balaban J connectivity index is 3.12. The van der Waals surface area contributed by atoms with Crippen LogP contribution in [0.15, 0.2) is 21.4 Å². The molecule has 1 rings (SSSR count). The van der Waals surface area contributed by atoms with E-state index in [1.807, 2.05) is 20.9 Å². The van der Waals surface area contributed by atoms with Gasteiger partial charge in [0.05, 0.1) is 5.54 Å². The van der Waals surface area contributed by atoms with Gasteiger partial charge >= 0.3 is 0 Å². The van der Waals surface area contributed by atoms with Gasteiger partial charge in [-0.2, -0.15) is 0 Å². The number of amides is 1. The first-order valence-electron chi connectivity index (χ1n) is 9.51. The minimum absolute atomic E-state index is 0.0304. The third-order valence-corrected chi connectivity index (χ3v) is 4.77. The number of hydrogen-bond acceptors (Lipinski definition) is 6. The summed E-state index contributed by atoms with van der Waals surface area (Å²) in [4.78, 5) is 22.8. The molecule has 7 heteroatoms. The van der Waals surface area contributed by atoms with Crippen molar-refractivity contribution in [2.24, 2.45) is 15.7 Å². The van der Waals surface area contributed by atoms with Gasteiger partial charge in [0.1, 0.15) is 11.9 Å². The number of amidine groups is 1. The van der Waals surface area contributed by atoms with Gasteiger partial charge in [-0.25, -0.2) is 4.99 Å². The SMILES string of the molecule is C/C=N\C1=C(C)N(C)C(CN)N=C1NC(C)(CCCCC)CNC(C)=O. The van der Waals surface area contributed by atoms with Crippen molar-refractivity contribution >= 4 is 18.0 Å². The summed E-state index contributed by atoms with van der Waals surface area (Å²) in [5.41, 5.74) is 7.46. The smallest absolute Gasteiger partial charge is 0.216 e. The van der Waals surface area contributed by atoms with Crippen molar-refractivity contribution in [1.82, 2.24) is 15.5 Å². The zero-order valence-corrected chi connectivity index (χ0v) is 17.2. The number of nitrogens with two attached hydrogens (primary N) is 1. The number of nitrogens with zero attached hydrogens (tertiary/aromatic N) is 3. The summed E-state index contributed by atoms with van der Waals surface area (Å²) in [6, 6.07) is 0. The Hall–Kier alpha value is -1.89. The van der Waals surface area contributed by atoms with Crippen LogP contribution in [-0.4, -0.2) is 54.7 Å². The Morgan fingerprint density at radius 1 is 1.46 bits per heavy atom. The van der Waals surface area contributed by atoms with Crippen molar-refractivity contribution in [3.63, 3.8) is 0 Å². The Bertz CT molecular complexity index is 568. The highest BCUT2D eigenvalue weighted by atomic mass is 16.1. The van der Waals surface area contributed by atoms with Crippen molar-refractivity contribution < 1.29 is 4.79 Å². The molecule has 0 spiro atoms. The normalized spacial score (nSPS) is 20.2. The highest BCUT2D eigenvalue weighted by Gasteiger charge is 2.31. The Kier molecular flexibility index (Phi) is 8.78. The largest absolute Gasteiger partial charge is 0.362 e. The maximum atomic E-state index is 11.4. The molecule has 1 aliphatic heterocycles. The summed E-state index contributed by atoms with van der Waals surface area (Å²) in [6.07, 6.45) is 5.99. The van der Waals surface area contributed by atoms with E-state index in [9.17, 15) is 4.79 Å². The molecule has 148 valence electrons. The second kappa shape index (κ2) is 10.3. The van der Waals surface area contributed by atoms with Gasteiger partial charge in [0.2, 0.25) is 5.91 Å². The molecule has 0 saturated carbocycles. The standard InChI is InChI=1S/C19H36N6O/c1-7-9-10-11-19(5,13-22-15(4)26)24-18-17(21-8-2)14(3)25(6)16(12-20)23-18/h8,16H,7,9-13,20H2,1-6H3,(H,22,26)(H,23,24)/b21-8-. The van der Waals surface area contributed by atoms with Crippen molar-refractivity contribution in [1.29, 1.82) is 0 Å². The fourth-order valence-corrected chi connectivity index (χ4v) is 3.01. The molecule has 26 heavy (non-hydrogen) atoms. The monoisotopic (exact) mass is 364 g/mol. The molecular weight excluding hydrogens is 328 g/mol. The molecule has 0 radical (unpaired) electrons. The molecule has 0 aromatic carbocycles. The van der Waals surface area contributed by atoms with Gasteiger partial charge in [0, 0.05) is 39.0 Å². The van der Waals surface area contributed by atoms with E-state index in [-0.39, 0.29) is 17.6 Å². The van der Waals surface area contributed by atoms with Crippen LogP contribution in [0.2, 0.25) is 0 Å². The molecular formula is C19H36N6O. The van der Waals surface area contributed by atoms with Gasteiger partial charge in [-0.15, -0.1) is 0 Å². The van der Waals surface area contributed by atoms with E-state index < -0.39 is 0 Å². The summed E-state index contributed by atoms with van der Waals surface area (Å²) >= 11 is 0. The van der Waals surface area contributed by atoms with E-state index in [0.29, 0.717) is 13.1 Å². The maximum absolute atomic E-state index is 11.4. The third kappa shape index (κ3) is 6.12. The lowest BCUT2D eigenvalue weighted by Crippen LogP contribution is -2.55. The number of allylic oxidation sites excluding steroid dienone is 1. The first-order valence-corrected chi connectivity index (χ1v) is 9.51. The number of carbonyl (C=O) groups excluding carboxylic acids is 1. The molecule has 2 atom stereocenters. The van der Waals surface area contributed by atoms with Crippen molar-refractivity contribution in [3.05, 3.63) is 11.4 Å². The molecule has 0 bridgehead atoms. The number of aliphatic imine (C=N–C) groups is 2. The van der Waals surface area contributed by atoms with E-state index in [1.165, 1.54) is 0 Å². The van der Waals surface area contributed by atoms with Crippen molar-refractivity contribution in [2.45, 2.75) is 72.0 Å². The zero-order valence-electron chi connectivity index (χ0n) is 17.2. The van der Waals surface area contributed by atoms with E-state index in [0.717, 1.165) is 42.9 Å². The average Bonchev–Trinajstić information content (AvgIpc) is 2.60. The van der Waals surface area contributed by atoms with Crippen molar-refractivity contribution in [2.75, 3.05) is 20.1 Å². The molecule has 4 N–H and O–H groups in total. The third-order valence-electron chi connectivity index (χ3n) is 4.77. The fourth-order valence-electron chi connectivity index (χ4n) is 3.01. The summed E-state index contributed by atoms with van der Waals surface area (Å²) < 4.78 is 0. The number of nitrogens with one attached hydrogen (secondary N) is 2. The van der Waals surface area contributed by atoms with Crippen LogP contribution >= 0.6 is 0 Å². The number of rotatable bonds is 9. The quantitative estimate of drug-likeness (QED) is 0.431. The summed E-state index contributed by atoms with van der Waals surface area (Å²) in [5, 5.41) is 6.53. The Labute approximate surface area is 158 Å². The molecule has 1 amide bonds. The van der Waals surface area contributed by atoms with Gasteiger partial charge in [0.15, 0.2) is 5.84 Å². The number of likely N-dealkylation sites (N-methyl/N-ethyl adjacent to an activating group) is 1. The summed E-state index contributed by atoms with van der Waals surface area (Å²) in [5.74, 6) is 0.718. The minimum atomic E-state index is -0.302. The van der Waals surface area contributed by atoms with Crippen LogP contribution < -0.4 is 16.4 Å². The van der Waals surface area contributed by atoms with Gasteiger partial charge in [-0.05, 0) is 27.2 Å². The average molecular weight is 365 g/mol. The van der Waals surface area contributed by atoms with Gasteiger partial charge in [-0.1, -0.05) is 26.2 Å². The van der Waals surface area contributed by atoms with Gasteiger partial charge < -0.3 is 21.3 Å². The lowest BCUT2D eigenvalue weighted by molar-refractivity contribution is -0.119. The molecule has 2 unspecified atom stereocenters. The van der Waals surface area contributed by atoms with Crippen LogP contribution in [0.3, 0.4) is 0 Å². The molecule has 0 aromatic rings. The van der Waals surface area contributed by atoms with Gasteiger partial charge in [0.25, 0.3) is 0 Å². The lowest BCUT2D eigenvalue weighted by Gasteiger charge is -2.38. The van der Waals surface area contributed by atoms with E-state index in [1.54, 1.807) is 13.1 Å². The molecule has 7 nitrogen and oxygen atoms in total. The zero-order chi connectivity index (χ0) is 19.7. The first kappa shape index (κ1) is 22.2. The Morgan fingerprint density at radius 3 is 2.69 bits per heavy atom. The second-order valence-electron chi connectivity index (χ2n) is 7.18. The maximum Gasteiger partial charge on any atom is 0.216 e. The number of carbonyl (C=O) groups is 1. The Morgan fingerprint density at radius 2 is 2.15 bits per heavy atom. The minimum Gasteiger partial charge on any atom is -0.362 e. The van der Waals surface area contributed by atoms with Crippen LogP contribution in [0.25, 0.3) is 0 Å². The molecule has 1 heterocycles. The molecule has 0 aromatic heterocycles. The van der Waals surface area contributed by atoms with Crippen LogP contribution in [-0.2, 0) is 4.79 Å². The second-order valence-corrected chi connectivity index (χ2v) is 7.18. The van der Waals surface area contributed by atoms with Crippen LogP contribution in [0.4, 0.5) is 0 Å². The fraction of sp³-hybridized carbons (Fsp3) is 0.737. The predicted octanol–water partition coefficient (Wildman–Crippen LogP) is 2.00. The molecule has 1 aliphatic rings. The highest BCUT2D eigenvalue weighted by Crippen LogP contribution is 2.23. The molecule has 0 saturated heterocycles. The van der Waals surface area contributed by atoms with E-state index in [4.69, 9.17) is 10.7 Å². The number of hydrogen-bond donors (Lipinski definition) is 3. The van der Waals surface area contributed by atoms with Crippen LogP contribution in [0.1, 0.15) is 60.3 Å². The molecule has 0 fully saturated rings. The summed E-state index contributed by atoms with van der Waals surface area (Å²) in [6.45, 7) is 10.7. The van der Waals surface area contributed by atoms with Gasteiger partial charge in [-0.3, -0.25) is 9.79 Å². The van der Waals surface area contributed by atoms with E-state index in [2.05, 4.69) is 34.4 Å². The van der Waals surface area contributed by atoms with Crippen molar-refractivity contribution in [3.8, 4) is 0 Å². The number of unbranched alkanes of at least 4 members (excludes halogenated alkanes) is 2. The van der Waals surface area contributed by atoms with Crippen LogP contribution in [0, 0.1) is 0 Å². The van der Waals surface area contributed by atoms with Crippen LogP contribution in [0.5, 0.6) is 0 Å². The first-order chi connectivity index (χ1) is 12.3. The summed E-state index contributed by atoms with van der Waals surface area (Å²) in [7, 11) is 1.98. The lowest BCUT2D eigenvalue weighted by atomic mass is 9.93.